The van der Waals surface area contributed by atoms with Crippen molar-refractivity contribution < 1.29 is 32.5 Å². The first-order chi connectivity index (χ1) is 14.4. The van der Waals surface area contributed by atoms with Crippen molar-refractivity contribution in [1.29, 1.82) is 0 Å². The second-order valence-corrected chi connectivity index (χ2v) is 6.79. The molecule has 0 fully saturated rings. The average molecular weight is 421 g/mol. The Morgan fingerprint density at radius 3 is 2.57 bits per heavy atom. The monoisotopic (exact) mass is 421 g/mol. The Bertz CT molecular complexity index is 903. The van der Waals surface area contributed by atoms with Gasteiger partial charge in [-0.3, -0.25) is 4.79 Å². The normalized spacial score (nSPS) is 14.8. The molecule has 1 atom stereocenters. The van der Waals surface area contributed by atoms with E-state index < -0.39 is 6.61 Å². The van der Waals surface area contributed by atoms with Gasteiger partial charge in [-0.15, -0.1) is 0 Å². The minimum atomic E-state index is -2.98. The molecule has 2 aromatic rings. The minimum absolute atomic E-state index is 0.0837. The number of ether oxygens (including phenoxy) is 4. The summed E-state index contributed by atoms with van der Waals surface area (Å²) in [5.41, 5.74) is 2.14. The van der Waals surface area contributed by atoms with Crippen LogP contribution in [-0.2, 0) is 13.0 Å². The van der Waals surface area contributed by atoms with Crippen LogP contribution in [0.15, 0.2) is 30.3 Å². The number of fused-ring (bicyclic) bond motifs is 1. The number of alkyl halides is 2. The van der Waals surface area contributed by atoms with Crippen LogP contribution in [0.25, 0.3) is 0 Å². The van der Waals surface area contributed by atoms with Gasteiger partial charge in [0.1, 0.15) is 17.6 Å². The van der Waals surface area contributed by atoms with E-state index in [2.05, 4.69) is 10.1 Å². The standard InChI is InChI=1S/C22H25F2NO5/c1-4-27-18-10-15-8-13(3)29-19(15)11-16(18)12-25-21(26)14-6-7-17(30-22(23)24)20(9-14)28-5-2/h6-7,9-11,13,22H,4-5,8,12H2,1-3H3,(H,25,26). The van der Waals surface area contributed by atoms with E-state index in [-0.39, 0.29) is 42.2 Å². The molecular weight excluding hydrogens is 396 g/mol. The van der Waals surface area contributed by atoms with Crippen LogP contribution in [0.1, 0.15) is 42.3 Å². The molecule has 162 valence electrons. The van der Waals surface area contributed by atoms with E-state index in [0.29, 0.717) is 12.4 Å². The molecule has 2 aromatic carbocycles. The molecule has 0 spiro atoms. The second-order valence-electron chi connectivity index (χ2n) is 6.79. The van der Waals surface area contributed by atoms with Gasteiger partial charge in [0, 0.05) is 29.7 Å². The van der Waals surface area contributed by atoms with Gasteiger partial charge in [0.25, 0.3) is 5.91 Å². The minimum Gasteiger partial charge on any atom is -0.494 e. The first kappa shape index (κ1) is 21.7. The zero-order valence-electron chi connectivity index (χ0n) is 17.2. The van der Waals surface area contributed by atoms with Gasteiger partial charge in [-0.2, -0.15) is 8.78 Å². The molecule has 1 aliphatic heterocycles. The first-order valence-electron chi connectivity index (χ1n) is 9.86. The lowest BCUT2D eigenvalue weighted by molar-refractivity contribution is -0.0514. The van der Waals surface area contributed by atoms with Crippen LogP contribution in [0.4, 0.5) is 8.78 Å². The molecule has 0 saturated heterocycles. The summed E-state index contributed by atoms with van der Waals surface area (Å²) in [7, 11) is 0. The van der Waals surface area contributed by atoms with Crippen LogP contribution in [0.3, 0.4) is 0 Å². The molecule has 0 saturated carbocycles. The van der Waals surface area contributed by atoms with E-state index in [1.165, 1.54) is 18.2 Å². The number of halogens is 2. The van der Waals surface area contributed by atoms with Crippen molar-refractivity contribution in [2.75, 3.05) is 13.2 Å². The molecule has 1 unspecified atom stereocenters. The van der Waals surface area contributed by atoms with Crippen molar-refractivity contribution in [2.45, 2.75) is 46.5 Å². The van der Waals surface area contributed by atoms with Crippen molar-refractivity contribution >= 4 is 5.91 Å². The van der Waals surface area contributed by atoms with Crippen LogP contribution < -0.4 is 24.3 Å². The van der Waals surface area contributed by atoms with E-state index >= 15 is 0 Å². The average Bonchev–Trinajstić information content (AvgIpc) is 3.06. The number of carbonyl (C=O) groups excluding carboxylic acids is 1. The molecule has 0 bridgehead atoms. The zero-order valence-corrected chi connectivity index (χ0v) is 17.2. The van der Waals surface area contributed by atoms with Gasteiger partial charge in [-0.1, -0.05) is 0 Å². The third-order valence-electron chi connectivity index (χ3n) is 4.54. The van der Waals surface area contributed by atoms with Gasteiger partial charge in [-0.05, 0) is 51.1 Å². The summed E-state index contributed by atoms with van der Waals surface area (Å²) >= 11 is 0. The van der Waals surface area contributed by atoms with Crippen molar-refractivity contribution in [3.8, 4) is 23.0 Å². The van der Waals surface area contributed by atoms with Gasteiger partial charge in [0.05, 0.1) is 13.2 Å². The molecule has 1 aliphatic rings. The maximum absolute atomic E-state index is 12.6. The summed E-state index contributed by atoms with van der Waals surface area (Å²) in [5, 5.41) is 2.83. The summed E-state index contributed by atoms with van der Waals surface area (Å²) in [6.45, 7) is 3.59. The van der Waals surface area contributed by atoms with Gasteiger partial charge >= 0.3 is 6.61 Å². The van der Waals surface area contributed by atoms with E-state index in [1.807, 2.05) is 26.0 Å². The van der Waals surface area contributed by atoms with Gasteiger partial charge in [0.2, 0.25) is 0 Å². The van der Waals surface area contributed by atoms with E-state index in [1.54, 1.807) is 6.92 Å². The van der Waals surface area contributed by atoms with E-state index in [4.69, 9.17) is 14.2 Å². The van der Waals surface area contributed by atoms with Crippen LogP contribution in [0, 0.1) is 0 Å². The highest BCUT2D eigenvalue weighted by Gasteiger charge is 2.22. The maximum atomic E-state index is 12.6. The Labute approximate surface area is 174 Å². The van der Waals surface area contributed by atoms with Crippen LogP contribution >= 0.6 is 0 Å². The summed E-state index contributed by atoms with van der Waals surface area (Å²) in [6.07, 6.45) is 0.917. The summed E-state index contributed by atoms with van der Waals surface area (Å²) in [6, 6.07) is 7.92. The highest BCUT2D eigenvalue weighted by Crippen LogP contribution is 2.35. The molecular formula is C22H25F2NO5. The Morgan fingerprint density at radius 2 is 1.87 bits per heavy atom. The molecule has 6 nitrogen and oxygen atoms in total. The van der Waals surface area contributed by atoms with Crippen LogP contribution in [-0.4, -0.2) is 31.8 Å². The van der Waals surface area contributed by atoms with Crippen LogP contribution in [0.2, 0.25) is 0 Å². The second kappa shape index (κ2) is 9.65. The Kier molecular flexibility index (Phi) is 6.97. The predicted molar refractivity (Wildman–Crippen MR) is 107 cm³/mol. The fraction of sp³-hybridized carbons (Fsp3) is 0.409. The molecule has 1 N–H and O–H groups in total. The Morgan fingerprint density at radius 1 is 1.13 bits per heavy atom. The van der Waals surface area contributed by atoms with Gasteiger partial charge in [-0.25, -0.2) is 0 Å². The van der Waals surface area contributed by atoms with E-state index in [0.717, 1.165) is 23.3 Å². The highest BCUT2D eigenvalue weighted by atomic mass is 19.3. The fourth-order valence-electron chi connectivity index (χ4n) is 3.30. The smallest absolute Gasteiger partial charge is 0.387 e. The first-order valence-corrected chi connectivity index (χ1v) is 9.86. The molecule has 1 heterocycles. The molecule has 0 aliphatic carbocycles. The number of benzene rings is 2. The van der Waals surface area contributed by atoms with Crippen LogP contribution in [0.5, 0.6) is 23.0 Å². The lowest BCUT2D eigenvalue weighted by Gasteiger charge is -2.15. The Balaban J connectivity index is 1.75. The largest absolute Gasteiger partial charge is 0.494 e. The highest BCUT2D eigenvalue weighted by molar-refractivity contribution is 5.94. The third-order valence-corrected chi connectivity index (χ3v) is 4.54. The van der Waals surface area contributed by atoms with Crippen molar-refractivity contribution in [3.63, 3.8) is 0 Å². The number of rotatable bonds is 9. The lowest BCUT2D eigenvalue weighted by atomic mass is 10.1. The quantitative estimate of drug-likeness (QED) is 0.653. The zero-order chi connectivity index (χ0) is 21.7. The SMILES string of the molecule is CCOc1cc2c(cc1CNC(=O)c1ccc(OC(F)F)c(OCC)c1)OC(C)C2. The molecule has 1 amide bonds. The molecule has 0 radical (unpaired) electrons. The van der Waals surface area contributed by atoms with Gasteiger partial charge < -0.3 is 24.3 Å². The number of hydrogen-bond donors (Lipinski definition) is 1. The number of nitrogens with one attached hydrogen (secondary N) is 1. The van der Waals surface area contributed by atoms with Crippen molar-refractivity contribution in [2.24, 2.45) is 0 Å². The molecule has 0 aromatic heterocycles. The summed E-state index contributed by atoms with van der Waals surface area (Å²) < 4.78 is 46.4. The van der Waals surface area contributed by atoms with Gasteiger partial charge in [0.15, 0.2) is 11.5 Å². The topological polar surface area (TPSA) is 66.0 Å². The molecule has 8 heteroatoms. The summed E-state index contributed by atoms with van der Waals surface area (Å²) in [5.74, 6) is 1.08. The number of amides is 1. The number of carbonyl (C=O) groups is 1. The van der Waals surface area contributed by atoms with Crippen molar-refractivity contribution in [1.82, 2.24) is 5.32 Å². The molecule has 3 rings (SSSR count). The maximum Gasteiger partial charge on any atom is 0.387 e. The molecule has 30 heavy (non-hydrogen) atoms. The summed E-state index contributed by atoms with van der Waals surface area (Å²) in [4.78, 5) is 12.6. The van der Waals surface area contributed by atoms with Crippen molar-refractivity contribution in [3.05, 3.63) is 47.0 Å². The third kappa shape index (κ3) is 5.11. The number of hydrogen-bond acceptors (Lipinski definition) is 5. The van der Waals surface area contributed by atoms with E-state index in [9.17, 15) is 13.6 Å². The fourth-order valence-corrected chi connectivity index (χ4v) is 3.30. The predicted octanol–water partition coefficient (Wildman–Crippen LogP) is 4.34. The lowest BCUT2D eigenvalue weighted by Crippen LogP contribution is -2.23. The Hall–Kier alpha value is -3.03.